The standard InChI is InChI=1S/C19H22O5/c1-8(2)17(20)23-15-12-9(3)6-7-11-10(4)18(21)22-14(11)13(12)19(5)16(15)24-19/h11,13-16H,1,4,6-7H2,2-3,5H3/t11-,13-,14-,15+,16+,19-/m0/s1. The van der Waals surface area contributed by atoms with Crippen molar-refractivity contribution in [2.45, 2.75) is 57.5 Å². The molecule has 128 valence electrons. The summed E-state index contributed by atoms with van der Waals surface area (Å²) in [6.07, 6.45) is 0.786. The Kier molecular flexibility index (Phi) is 3.14. The number of rotatable bonds is 2. The average Bonchev–Trinajstić information content (AvgIpc) is 3.08. The molecule has 2 saturated heterocycles. The molecule has 4 aliphatic rings. The summed E-state index contributed by atoms with van der Waals surface area (Å²) in [6.45, 7) is 13.3. The fourth-order valence-corrected chi connectivity index (χ4v) is 4.64. The molecular formula is C19H22O5. The molecule has 0 unspecified atom stereocenters. The zero-order chi connectivity index (χ0) is 17.4. The zero-order valence-electron chi connectivity index (χ0n) is 14.3. The van der Waals surface area contributed by atoms with Crippen LogP contribution in [0.3, 0.4) is 0 Å². The molecule has 0 radical (unpaired) electrons. The van der Waals surface area contributed by atoms with Crippen LogP contribution in [0.25, 0.3) is 0 Å². The number of esters is 2. The molecule has 3 fully saturated rings. The second-order valence-electron chi connectivity index (χ2n) is 7.58. The smallest absolute Gasteiger partial charge is 0.334 e. The Morgan fingerprint density at radius 2 is 2.12 bits per heavy atom. The van der Waals surface area contributed by atoms with Gasteiger partial charge in [-0.15, -0.1) is 0 Å². The van der Waals surface area contributed by atoms with E-state index in [2.05, 4.69) is 20.1 Å². The predicted molar refractivity (Wildman–Crippen MR) is 85.9 cm³/mol. The summed E-state index contributed by atoms with van der Waals surface area (Å²) in [7, 11) is 0. The van der Waals surface area contributed by atoms with Crippen molar-refractivity contribution in [2.24, 2.45) is 11.8 Å². The van der Waals surface area contributed by atoms with Gasteiger partial charge in [0.05, 0.1) is 5.92 Å². The summed E-state index contributed by atoms with van der Waals surface area (Å²) >= 11 is 0. The zero-order valence-corrected chi connectivity index (χ0v) is 14.3. The molecule has 0 aromatic rings. The molecule has 0 N–H and O–H groups in total. The SMILES string of the molecule is C=C(C)C(=O)O[C@@H]1C2=C(C)CC[C@H]3C(=C)C(=O)O[C@@H]3[C@H]2[C@]2(C)O[C@H]12. The maximum atomic E-state index is 12.1. The molecule has 1 saturated carbocycles. The van der Waals surface area contributed by atoms with E-state index < -0.39 is 17.7 Å². The molecule has 0 bridgehead atoms. The third-order valence-corrected chi connectivity index (χ3v) is 6.01. The van der Waals surface area contributed by atoms with Crippen LogP contribution in [0.5, 0.6) is 0 Å². The minimum Gasteiger partial charge on any atom is -0.458 e. The highest BCUT2D eigenvalue weighted by atomic mass is 16.7. The van der Waals surface area contributed by atoms with Crippen molar-refractivity contribution in [3.8, 4) is 0 Å². The Morgan fingerprint density at radius 3 is 2.79 bits per heavy atom. The lowest BCUT2D eigenvalue weighted by Crippen LogP contribution is -2.35. The highest BCUT2D eigenvalue weighted by Crippen LogP contribution is 2.62. The third-order valence-electron chi connectivity index (χ3n) is 6.01. The van der Waals surface area contributed by atoms with E-state index in [1.54, 1.807) is 6.92 Å². The number of hydrogen-bond acceptors (Lipinski definition) is 5. The molecule has 0 amide bonds. The number of carbonyl (C=O) groups excluding carboxylic acids is 2. The highest BCUT2D eigenvalue weighted by molar-refractivity contribution is 5.91. The van der Waals surface area contributed by atoms with Crippen molar-refractivity contribution in [3.63, 3.8) is 0 Å². The summed E-state index contributed by atoms with van der Waals surface area (Å²) in [6, 6.07) is 0. The van der Waals surface area contributed by atoms with Gasteiger partial charge in [-0.2, -0.15) is 0 Å². The lowest BCUT2D eigenvalue weighted by molar-refractivity contribution is -0.145. The monoisotopic (exact) mass is 330 g/mol. The second kappa shape index (κ2) is 4.82. The number of fused-ring (bicyclic) bond motifs is 5. The number of ether oxygens (including phenoxy) is 3. The number of allylic oxidation sites excluding steroid dienone is 1. The Labute approximate surface area is 141 Å². The van der Waals surface area contributed by atoms with Crippen LogP contribution in [-0.4, -0.2) is 35.9 Å². The molecule has 2 heterocycles. The van der Waals surface area contributed by atoms with Gasteiger partial charge in [-0.3, -0.25) is 0 Å². The van der Waals surface area contributed by atoms with Gasteiger partial charge in [0.15, 0.2) is 6.10 Å². The quantitative estimate of drug-likeness (QED) is 0.337. The fourth-order valence-electron chi connectivity index (χ4n) is 4.64. The molecule has 0 aromatic carbocycles. The average molecular weight is 330 g/mol. The van der Waals surface area contributed by atoms with Crippen LogP contribution in [-0.2, 0) is 23.8 Å². The summed E-state index contributed by atoms with van der Waals surface area (Å²) in [5.41, 5.74) is 2.74. The van der Waals surface area contributed by atoms with Crippen LogP contribution >= 0.6 is 0 Å². The van der Waals surface area contributed by atoms with Gasteiger partial charge in [-0.05, 0) is 39.2 Å². The van der Waals surface area contributed by atoms with E-state index in [1.165, 1.54) is 5.57 Å². The topological polar surface area (TPSA) is 65.1 Å². The minimum atomic E-state index is -0.450. The van der Waals surface area contributed by atoms with Gasteiger partial charge in [0.1, 0.15) is 17.8 Å². The van der Waals surface area contributed by atoms with Gasteiger partial charge in [0.2, 0.25) is 0 Å². The van der Waals surface area contributed by atoms with E-state index in [4.69, 9.17) is 14.2 Å². The molecule has 24 heavy (non-hydrogen) atoms. The van der Waals surface area contributed by atoms with Crippen LogP contribution in [0.1, 0.15) is 33.6 Å². The van der Waals surface area contributed by atoms with Gasteiger partial charge in [-0.1, -0.05) is 18.7 Å². The van der Waals surface area contributed by atoms with Crippen LogP contribution in [0.15, 0.2) is 35.5 Å². The lowest BCUT2D eigenvalue weighted by Gasteiger charge is -2.29. The Hall–Kier alpha value is -1.88. The predicted octanol–water partition coefficient (Wildman–Crippen LogP) is 2.47. The first kappa shape index (κ1) is 15.6. The number of carbonyl (C=O) groups is 2. The van der Waals surface area contributed by atoms with Crippen LogP contribution < -0.4 is 0 Å². The molecule has 2 aliphatic carbocycles. The van der Waals surface area contributed by atoms with Crippen molar-refractivity contribution in [2.75, 3.05) is 0 Å². The fraction of sp³-hybridized carbons (Fsp3) is 0.579. The Morgan fingerprint density at radius 1 is 1.42 bits per heavy atom. The van der Waals surface area contributed by atoms with Gasteiger partial charge < -0.3 is 14.2 Å². The molecule has 2 aliphatic heterocycles. The van der Waals surface area contributed by atoms with Crippen molar-refractivity contribution in [1.29, 1.82) is 0 Å². The van der Waals surface area contributed by atoms with E-state index in [-0.39, 0.29) is 30.0 Å². The molecule has 0 aromatic heterocycles. The van der Waals surface area contributed by atoms with E-state index in [0.29, 0.717) is 11.1 Å². The van der Waals surface area contributed by atoms with E-state index >= 15 is 0 Å². The molecular weight excluding hydrogens is 308 g/mol. The van der Waals surface area contributed by atoms with E-state index in [9.17, 15) is 9.59 Å². The lowest BCUT2D eigenvalue weighted by atomic mass is 9.81. The largest absolute Gasteiger partial charge is 0.458 e. The first-order valence-corrected chi connectivity index (χ1v) is 8.39. The van der Waals surface area contributed by atoms with E-state index in [1.807, 2.05) is 6.92 Å². The summed E-state index contributed by atoms with van der Waals surface area (Å²) in [4.78, 5) is 24.1. The van der Waals surface area contributed by atoms with Gasteiger partial charge in [0, 0.05) is 17.1 Å². The maximum Gasteiger partial charge on any atom is 0.334 e. The number of epoxide rings is 1. The van der Waals surface area contributed by atoms with Crippen molar-refractivity contribution >= 4 is 11.9 Å². The highest BCUT2D eigenvalue weighted by Gasteiger charge is 2.74. The third kappa shape index (κ3) is 1.91. The van der Waals surface area contributed by atoms with Crippen molar-refractivity contribution in [3.05, 3.63) is 35.5 Å². The summed E-state index contributed by atoms with van der Waals surface area (Å²) in [5, 5.41) is 0. The van der Waals surface area contributed by atoms with Crippen LogP contribution in [0.2, 0.25) is 0 Å². The van der Waals surface area contributed by atoms with Gasteiger partial charge in [0.25, 0.3) is 0 Å². The Balaban J connectivity index is 1.74. The molecule has 5 nitrogen and oxygen atoms in total. The van der Waals surface area contributed by atoms with Crippen LogP contribution in [0.4, 0.5) is 0 Å². The van der Waals surface area contributed by atoms with Crippen molar-refractivity contribution < 1.29 is 23.8 Å². The normalized spacial score (nSPS) is 42.7. The Bertz CT molecular complexity index is 717. The van der Waals surface area contributed by atoms with E-state index in [0.717, 1.165) is 18.4 Å². The first-order chi connectivity index (χ1) is 11.3. The summed E-state index contributed by atoms with van der Waals surface area (Å²) < 4.78 is 17.3. The molecule has 5 heteroatoms. The van der Waals surface area contributed by atoms with Crippen LogP contribution in [0, 0.1) is 11.8 Å². The summed E-state index contributed by atoms with van der Waals surface area (Å²) in [5.74, 6) is -0.798. The van der Waals surface area contributed by atoms with Crippen molar-refractivity contribution in [1.82, 2.24) is 0 Å². The molecule has 6 atom stereocenters. The van der Waals surface area contributed by atoms with Gasteiger partial charge in [-0.25, -0.2) is 9.59 Å². The first-order valence-electron chi connectivity index (χ1n) is 8.39. The van der Waals surface area contributed by atoms with Gasteiger partial charge >= 0.3 is 11.9 Å². The minimum absolute atomic E-state index is 0.00668. The molecule has 4 rings (SSSR count). The number of hydrogen-bond donors (Lipinski definition) is 0. The molecule has 0 spiro atoms. The second-order valence-corrected chi connectivity index (χ2v) is 7.58. The maximum absolute atomic E-state index is 12.1.